The molecule has 84 valence electrons. The average molecular weight is 200 g/mol. The molecule has 1 fully saturated rings. The van der Waals surface area contributed by atoms with Gasteiger partial charge in [0.1, 0.15) is 0 Å². The second-order valence-electron chi connectivity index (χ2n) is 4.31. The van der Waals surface area contributed by atoms with Crippen LogP contribution in [0.4, 0.5) is 0 Å². The smallest absolute Gasteiger partial charge is 0.0462 e. The third kappa shape index (κ3) is 4.94. The molecule has 0 aromatic heterocycles. The van der Waals surface area contributed by atoms with Crippen LogP contribution in [-0.4, -0.2) is 51.3 Å². The number of hydrogen-bond acceptors (Lipinski definition) is 3. The highest BCUT2D eigenvalue weighted by molar-refractivity contribution is 4.70. The van der Waals surface area contributed by atoms with E-state index in [0.717, 1.165) is 19.1 Å². The van der Waals surface area contributed by atoms with Crippen molar-refractivity contribution < 1.29 is 4.74 Å². The minimum atomic E-state index is 0.792. The van der Waals surface area contributed by atoms with Crippen molar-refractivity contribution in [3.63, 3.8) is 0 Å². The van der Waals surface area contributed by atoms with Crippen LogP contribution in [0.1, 0.15) is 19.8 Å². The maximum Gasteiger partial charge on any atom is 0.0462 e. The van der Waals surface area contributed by atoms with Gasteiger partial charge in [0.15, 0.2) is 0 Å². The Morgan fingerprint density at radius 2 is 2.29 bits per heavy atom. The van der Waals surface area contributed by atoms with Gasteiger partial charge in [-0.05, 0) is 31.8 Å². The van der Waals surface area contributed by atoms with Crippen molar-refractivity contribution in [2.24, 2.45) is 5.92 Å². The molecule has 14 heavy (non-hydrogen) atoms. The number of nitrogens with zero attached hydrogens (tertiary/aromatic N) is 1. The fourth-order valence-corrected chi connectivity index (χ4v) is 1.97. The Balaban J connectivity index is 2.09. The quantitative estimate of drug-likeness (QED) is 0.669. The van der Waals surface area contributed by atoms with Crippen molar-refractivity contribution in [3.8, 4) is 0 Å². The molecule has 1 atom stereocenters. The van der Waals surface area contributed by atoms with Crippen LogP contribution in [0.15, 0.2) is 0 Å². The summed E-state index contributed by atoms with van der Waals surface area (Å²) in [5.74, 6) is 0.792. The van der Waals surface area contributed by atoms with Crippen LogP contribution >= 0.6 is 0 Å². The molecule has 0 aromatic rings. The molecule has 1 N–H and O–H groups in total. The molecule has 1 heterocycles. The number of hydrogen-bond donors (Lipinski definition) is 1. The van der Waals surface area contributed by atoms with E-state index in [9.17, 15) is 0 Å². The van der Waals surface area contributed by atoms with Crippen LogP contribution < -0.4 is 5.32 Å². The molecule has 3 nitrogen and oxygen atoms in total. The Kier molecular flexibility index (Phi) is 6.15. The van der Waals surface area contributed by atoms with Crippen molar-refractivity contribution in [1.82, 2.24) is 10.2 Å². The first-order chi connectivity index (χ1) is 6.83. The van der Waals surface area contributed by atoms with Crippen molar-refractivity contribution >= 4 is 0 Å². The summed E-state index contributed by atoms with van der Waals surface area (Å²) >= 11 is 0. The first kappa shape index (κ1) is 12.0. The van der Waals surface area contributed by atoms with Gasteiger partial charge in [-0.25, -0.2) is 0 Å². The summed E-state index contributed by atoms with van der Waals surface area (Å²) in [6.45, 7) is 9.23. The summed E-state index contributed by atoms with van der Waals surface area (Å²) in [5.41, 5.74) is 0. The van der Waals surface area contributed by atoms with E-state index in [-0.39, 0.29) is 0 Å². The van der Waals surface area contributed by atoms with Crippen molar-refractivity contribution in [2.75, 3.05) is 46.4 Å². The molecular weight excluding hydrogens is 176 g/mol. The van der Waals surface area contributed by atoms with Gasteiger partial charge < -0.3 is 15.0 Å². The maximum absolute atomic E-state index is 5.05. The van der Waals surface area contributed by atoms with E-state index in [1.54, 1.807) is 7.11 Å². The monoisotopic (exact) mass is 200 g/mol. The lowest BCUT2D eigenvalue weighted by Gasteiger charge is -2.21. The minimum absolute atomic E-state index is 0.792. The van der Waals surface area contributed by atoms with Crippen LogP contribution in [0.5, 0.6) is 0 Å². The van der Waals surface area contributed by atoms with E-state index in [4.69, 9.17) is 4.74 Å². The Bertz CT molecular complexity index is 141. The topological polar surface area (TPSA) is 24.5 Å². The van der Waals surface area contributed by atoms with E-state index < -0.39 is 0 Å². The largest absolute Gasteiger partial charge is 0.385 e. The fraction of sp³-hybridized carbons (Fsp3) is 1.00. The normalized spacial score (nSPS) is 24.9. The van der Waals surface area contributed by atoms with E-state index in [1.165, 1.54) is 39.0 Å². The molecule has 1 saturated heterocycles. The molecule has 0 aliphatic carbocycles. The second-order valence-corrected chi connectivity index (χ2v) is 4.31. The van der Waals surface area contributed by atoms with Crippen molar-refractivity contribution in [3.05, 3.63) is 0 Å². The molecular formula is C11H24N2O. The van der Waals surface area contributed by atoms with Crippen LogP contribution in [0, 0.1) is 5.92 Å². The lowest BCUT2D eigenvalue weighted by molar-refractivity contribution is 0.183. The highest BCUT2D eigenvalue weighted by Gasteiger charge is 2.13. The molecule has 0 aromatic carbocycles. The van der Waals surface area contributed by atoms with Gasteiger partial charge in [0.25, 0.3) is 0 Å². The van der Waals surface area contributed by atoms with E-state index in [1.807, 2.05) is 0 Å². The predicted molar refractivity (Wildman–Crippen MR) is 59.6 cm³/mol. The van der Waals surface area contributed by atoms with Gasteiger partial charge in [-0.15, -0.1) is 0 Å². The van der Waals surface area contributed by atoms with Gasteiger partial charge in [0.05, 0.1) is 0 Å². The standard InChI is InChI=1S/C11H24N2O/c1-11-9-12-5-7-13(10-11)6-3-4-8-14-2/h11-12H,3-10H2,1-2H3. The lowest BCUT2D eigenvalue weighted by Crippen LogP contribution is -2.30. The second kappa shape index (κ2) is 7.21. The molecule has 1 aliphatic rings. The first-order valence-corrected chi connectivity index (χ1v) is 5.75. The predicted octanol–water partition coefficient (Wildman–Crippen LogP) is 0.954. The molecule has 0 radical (unpaired) electrons. The number of unbranched alkanes of at least 4 members (excludes halogenated alkanes) is 1. The summed E-state index contributed by atoms with van der Waals surface area (Å²) < 4.78 is 5.05. The number of methoxy groups -OCH3 is 1. The molecule has 3 heteroatoms. The van der Waals surface area contributed by atoms with E-state index in [0.29, 0.717) is 0 Å². The van der Waals surface area contributed by atoms with Gasteiger partial charge in [-0.3, -0.25) is 0 Å². The van der Waals surface area contributed by atoms with Gasteiger partial charge in [-0.1, -0.05) is 6.92 Å². The Morgan fingerprint density at radius 1 is 1.43 bits per heavy atom. The van der Waals surface area contributed by atoms with E-state index >= 15 is 0 Å². The third-order valence-corrected chi connectivity index (χ3v) is 2.74. The lowest BCUT2D eigenvalue weighted by atomic mass is 10.1. The SMILES string of the molecule is COCCCCN1CCNCC(C)C1. The molecule has 0 bridgehead atoms. The summed E-state index contributed by atoms with van der Waals surface area (Å²) in [5, 5.41) is 3.46. The van der Waals surface area contributed by atoms with E-state index in [2.05, 4.69) is 17.1 Å². The molecule has 0 spiro atoms. The number of rotatable bonds is 5. The first-order valence-electron chi connectivity index (χ1n) is 5.75. The van der Waals surface area contributed by atoms with Crippen LogP contribution in [0.2, 0.25) is 0 Å². The summed E-state index contributed by atoms with van der Waals surface area (Å²) in [6, 6.07) is 0. The highest BCUT2D eigenvalue weighted by atomic mass is 16.5. The van der Waals surface area contributed by atoms with Crippen LogP contribution in [-0.2, 0) is 4.74 Å². The van der Waals surface area contributed by atoms with Gasteiger partial charge in [0, 0.05) is 33.4 Å². The van der Waals surface area contributed by atoms with Crippen molar-refractivity contribution in [1.29, 1.82) is 0 Å². The summed E-state index contributed by atoms with van der Waals surface area (Å²) in [6.07, 6.45) is 2.45. The zero-order valence-electron chi connectivity index (χ0n) is 9.59. The van der Waals surface area contributed by atoms with Gasteiger partial charge in [-0.2, -0.15) is 0 Å². The molecule has 1 aliphatic heterocycles. The Labute approximate surface area is 87.8 Å². The molecule has 1 unspecified atom stereocenters. The average Bonchev–Trinajstić information content (AvgIpc) is 2.38. The third-order valence-electron chi connectivity index (χ3n) is 2.74. The number of nitrogens with one attached hydrogen (secondary N) is 1. The van der Waals surface area contributed by atoms with Crippen LogP contribution in [0.25, 0.3) is 0 Å². The summed E-state index contributed by atoms with van der Waals surface area (Å²) in [4.78, 5) is 2.57. The number of ether oxygens (including phenoxy) is 1. The molecule has 1 rings (SSSR count). The minimum Gasteiger partial charge on any atom is -0.385 e. The molecule has 0 amide bonds. The Morgan fingerprint density at radius 3 is 3.07 bits per heavy atom. The van der Waals surface area contributed by atoms with Crippen LogP contribution in [0.3, 0.4) is 0 Å². The highest BCUT2D eigenvalue weighted by Crippen LogP contribution is 2.04. The molecule has 0 saturated carbocycles. The maximum atomic E-state index is 5.05. The Hall–Kier alpha value is -0.120. The fourth-order valence-electron chi connectivity index (χ4n) is 1.97. The van der Waals surface area contributed by atoms with Gasteiger partial charge >= 0.3 is 0 Å². The zero-order chi connectivity index (χ0) is 10.2. The van der Waals surface area contributed by atoms with Crippen molar-refractivity contribution in [2.45, 2.75) is 19.8 Å². The van der Waals surface area contributed by atoms with Gasteiger partial charge in [0.2, 0.25) is 0 Å². The zero-order valence-corrected chi connectivity index (χ0v) is 9.59. The summed E-state index contributed by atoms with van der Waals surface area (Å²) in [7, 11) is 1.78.